The minimum absolute atomic E-state index is 0.197. The van der Waals surface area contributed by atoms with Gasteiger partial charge in [-0.2, -0.15) is 0 Å². The molecule has 0 bridgehead atoms. The van der Waals surface area contributed by atoms with Gasteiger partial charge in [-0.15, -0.1) is 0 Å². The van der Waals surface area contributed by atoms with Gasteiger partial charge in [-0.3, -0.25) is 5.84 Å². The lowest BCUT2D eigenvalue weighted by molar-refractivity contribution is 0.556. The van der Waals surface area contributed by atoms with Crippen LogP contribution >= 0.6 is 23.2 Å². The van der Waals surface area contributed by atoms with Crippen molar-refractivity contribution in [3.63, 3.8) is 0 Å². The van der Waals surface area contributed by atoms with E-state index in [0.717, 1.165) is 0 Å². The van der Waals surface area contributed by atoms with Gasteiger partial charge in [0.2, 0.25) is 0 Å². The molecule has 0 amide bonds. The Morgan fingerprint density at radius 1 is 1.00 bits per heavy atom. The zero-order valence-corrected chi connectivity index (χ0v) is 11.1. The molecule has 19 heavy (non-hydrogen) atoms. The topological polar surface area (TPSA) is 38.0 Å². The molecule has 3 N–H and O–H groups in total. The summed E-state index contributed by atoms with van der Waals surface area (Å²) < 4.78 is 27.1. The predicted molar refractivity (Wildman–Crippen MR) is 72.0 cm³/mol. The van der Waals surface area contributed by atoms with E-state index in [-0.39, 0.29) is 10.6 Å². The maximum Gasteiger partial charge on any atom is 0.128 e. The molecule has 0 spiro atoms. The van der Waals surface area contributed by atoms with Crippen LogP contribution in [-0.2, 0) is 0 Å². The molecule has 1 atom stereocenters. The first-order valence-corrected chi connectivity index (χ1v) is 6.14. The highest BCUT2D eigenvalue weighted by Crippen LogP contribution is 2.31. The van der Waals surface area contributed by atoms with Gasteiger partial charge in [-0.1, -0.05) is 23.2 Å². The van der Waals surface area contributed by atoms with Crippen molar-refractivity contribution >= 4 is 23.2 Å². The van der Waals surface area contributed by atoms with Crippen LogP contribution in [0.3, 0.4) is 0 Å². The Hall–Kier alpha value is -1.20. The normalized spacial score (nSPS) is 12.5. The molecular formula is C13H10Cl2F2N2. The van der Waals surface area contributed by atoms with E-state index in [1.807, 2.05) is 0 Å². The number of hydrogen-bond acceptors (Lipinski definition) is 2. The molecule has 0 fully saturated rings. The molecule has 0 aliphatic carbocycles. The van der Waals surface area contributed by atoms with Crippen molar-refractivity contribution in [3.05, 3.63) is 69.2 Å². The Morgan fingerprint density at radius 3 is 2.42 bits per heavy atom. The van der Waals surface area contributed by atoms with Gasteiger partial charge >= 0.3 is 0 Å². The minimum atomic E-state index is -0.790. The molecule has 0 saturated heterocycles. The van der Waals surface area contributed by atoms with Gasteiger partial charge in [0, 0.05) is 15.6 Å². The monoisotopic (exact) mass is 302 g/mol. The van der Waals surface area contributed by atoms with E-state index in [1.165, 1.54) is 36.4 Å². The van der Waals surface area contributed by atoms with Crippen molar-refractivity contribution in [1.82, 2.24) is 5.43 Å². The quantitative estimate of drug-likeness (QED) is 0.668. The van der Waals surface area contributed by atoms with E-state index in [9.17, 15) is 8.78 Å². The lowest BCUT2D eigenvalue weighted by Gasteiger charge is -2.19. The third-order valence-electron chi connectivity index (χ3n) is 2.70. The second-order valence-corrected chi connectivity index (χ2v) is 4.77. The summed E-state index contributed by atoms with van der Waals surface area (Å²) in [5.74, 6) is 4.44. The van der Waals surface area contributed by atoms with E-state index < -0.39 is 17.7 Å². The van der Waals surface area contributed by atoms with E-state index in [2.05, 4.69) is 5.43 Å². The van der Waals surface area contributed by atoms with Gasteiger partial charge in [-0.05, 0) is 42.0 Å². The highest BCUT2D eigenvalue weighted by atomic mass is 35.5. The number of hydrazine groups is 1. The first kappa shape index (κ1) is 14.2. The first-order valence-electron chi connectivity index (χ1n) is 5.39. The number of benzene rings is 2. The van der Waals surface area contributed by atoms with E-state index >= 15 is 0 Å². The zero-order valence-electron chi connectivity index (χ0n) is 9.63. The van der Waals surface area contributed by atoms with Gasteiger partial charge in [0.1, 0.15) is 11.6 Å². The SMILES string of the molecule is NNC(c1cc(Cl)ccc1F)c1cc(F)ccc1Cl. The average Bonchev–Trinajstić information content (AvgIpc) is 2.38. The van der Waals surface area contributed by atoms with E-state index in [4.69, 9.17) is 29.0 Å². The van der Waals surface area contributed by atoms with Crippen LogP contribution in [0, 0.1) is 11.6 Å². The standard InChI is InChI=1S/C13H10Cl2F2N2/c14-7-1-4-12(17)10(5-7)13(19-18)9-6-8(16)2-3-11(9)15/h1-6,13,19H,18H2. The molecule has 2 aromatic rings. The molecule has 0 aromatic heterocycles. The van der Waals surface area contributed by atoms with Gasteiger partial charge in [0.15, 0.2) is 0 Å². The number of nitrogens with one attached hydrogen (secondary N) is 1. The van der Waals surface area contributed by atoms with Gasteiger partial charge in [0.25, 0.3) is 0 Å². The highest BCUT2D eigenvalue weighted by molar-refractivity contribution is 6.31. The van der Waals surface area contributed by atoms with Crippen LogP contribution in [0.4, 0.5) is 8.78 Å². The molecule has 2 nitrogen and oxygen atoms in total. The maximum atomic E-state index is 13.8. The van der Waals surface area contributed by atoms with Crippen molar-refractivity contribution in [2.45, 2.75) is 6.04 Å². The minimum Gasteiger partial charge on any atom is -0.271 e. The van der Waals surface area contributed by atoms with Gasteiger partial charge in [0.05, 0.1) is 6.04 Å². The summed E-state index contributed by atoms with van der Waals surface area (Å²) in [6.45, 7) is 0. The molecule has 0 saturated carbocycles. The molecule has 0 radical (unpaired) electrons. The fourth-order valence-electron chi connectivity index (χ4n) is 1.82. The lowest BCUT2D eigenvalue weighted by atomic mass is 9.98. The zero-order chi connectivity index (χ0) is 14.0. The fourth-order valence-corrected chi connectivity index (χ4v) is 2.23. The summed E-state index contributed by atoms with van der Waals surface area (Å²) in [5.41, 5.74) is 2.96. The highest BCUT2D eigenvalue weighted by Gasteiger charge is 2.20. The summed E-state index contributed by atoms with van der Waals surface area (Å²) in [5, 5.41) is 0.632. The van der Waals surface area contributed by atoms with Gasteiger partial charge < -0.3 is 0 Å². The van der Waals surface area contributed by atoms with E-state index in [0.29, 0.717) is 10.6 Å². The van der Waals surface area contributed by atoms with Gasteiger partial charge in [-0.25, -0.2) is 14.2 Å². The molecule has 1 unspecified atom stereocenters. The van der Waals surface area contributed by atoms with Crippen LogP contribution in [0.15, 0.2) is 36.4 Å². The van der Waals surface area contributed by atoms with E-state index in [1.54, 1.807) is 0 Å². The molecule has 6 heteroatoms. The Bertz CT molecular complexity index is 554. The van der Waals surface area contributed by atoms with Crippen LogP contribution in [0.1, 0.15) is 17.2 Å². The summed E-state index contributed by atoms with van der Waals surface area (Å²) in [4.78, 5) is 0. The first-order chi connectivity index (χ1) is 9.02. The van der Waals surface area contributed by atoms with Crippen LogP contribution in [0.5, 0.6) is 0 Å². The number of hydrogen-bond donors (Lipinski definition) is 2. The summed E-state index contributed by atoms with van der Waals surface area (Å²) in [6.07, 6.45) is 0. The Kier molecular flexibility index (Phi) is 4.37. The second-order valence-electron chi connectivity index (χ2n) is 3.93. The average molecular weight is 303 g/mol. The summed E-state index contributed by atoms with van der Waals surface area (Å²) in [6, 6.07) is 7.07. The maximum absolute atomic E-state index is 13.8. The number of halogens is 4. The summed E-state index contributed by atoms with van der Waals surface area (Å²) in [7, 11) is 0. The molecule has 0 aliphatic rings. The molecule has 0 heterocycles. The third-order valence-corrected chi connectivity index (χ3v) is 3.28. The smallest absolute Gasteiger partial charge is 0.128 e. The van der Waals surface area contributed by atoms with Crippen molar-refractivity contribution in [2.24, 2.45) is 5.84 Å². The molecule has 100 valence electrons. The Morgan fingerprint density at radius 2 is 1.74 bits per heavy atom. The van der Waals surface area contributed by atoms with Crippen molar-refractivity contribution in [3.8, 4) is 0 Å². The predicted octanol–water partition coefficient (Wildman–Crippen LogP) is 3.82. The number of rotatable bonds is 3. The third kappa shape index (κ3) is 3.04. The molecule has 0 aliphatic heterocycles. The molecular weight excluding hydrogens is 293 g/mol. The Labute approximate surface area is 119 Å². The molecule has 2 rings (SSSR count). The Balaban J connectivity index is 2.55. The van der Waals surface area contributed by atoms with Crippen molar-refractivity contribution in [2.75, 3.05) is 0 Å². The second kappa shape index (κ2) is 5.84. The van der Waals surface area contributed by atoms with Crippen LogP contribution < -0.4 is 11.3 Å². The summed E-state index contributed by atoms with van der Waals surface area (Å²) >= 11 is 11.8. The van der Waals surface area contributed by atoms with Crippen molar-refractivity contribution < 1.29 is 8.78 Å². The fraction of sp³-hybridized carbons (Fsp3) is 0.0769. The van der Waals surface area contributed by atoms with Crippen LogP contribution in [-0.4, -0.2) is 0 Å². The van der Waals surface area contributed by atoms with Crippen molar-refractivity contribution in [1.29, 1.82) is 0 Å². The largest absolute Gasteiger partial charge is 0.271 e. The lowest BCUT2D eigenvalue weighted by Crippen LogP contribution is -2.29. The number of nitrogens with two attached hydrogens (primary N) is 1. The van der Waals surface area contributed by atoms with Crippen LogP contribution in [0.25, 0.3) is 0 Å². The van der Waals surface area contributed by atoms with Crippen LogP contribution in [0.2, 0.25) is 10.0 Å². The molecule has 2 aromatic carbocycles.